The monoisotopic (exact) mass is 253 g/mol. The molecule has 0 spiro atoms. The molecule has 2 N–H and O–H groups in total. The Morgan fingerprint density at radius 2 is 2.00 bits per heavy atom. The number of ether oxygens (including phenoxy) is 1. The zero-order chi connectivity index (χ0) is 12.8. The number of fused-ring (bicyclic) bond motifs is 1. The van der Waals surface area contributed by atoms with Crippen LogP contribution in [0.1, 0.15) is 46.0 Å². The Morgan fingerprint density at radius 1 is 1.28 bits per heavy atom. The van der Waals surface area contributed by atoms with Crippen LogP contribution in [0.4, 0.5) is 0 Å². The summed E-state index contributed by atoms with van der Waals surface area (Å²) in [5.41, 5.74) is 0.233. The molecular formula is C15H27NO2. The lowest BCUT2D eigenvalue weighted by Gasteiger charge is -2.55. The Bertz CT molecular complexity index is 299. The first-order valence-electron chi connectivity index (χ1n) is 7.64. The maximum atomic E-state index is 10.2. The number of rotatable bonds is 4. The highest BCUT2D eigenvalue weighted by Gasteiger charge is 2.59. The minimum atomic E-state index is -0.148. The van der Waals surface area contributed by atoms with Crippen LogP contribution >= 0.6 is 0 Å². The molecule has 4 atom stereocenters. The van der Waals surface area contributed by atoms with Gasteiger partial charge in [0.15, 0.2) is 0 Å². The second-order valence-corrected chi connectivity index (χ2v) is 7.06. The topological polar surface area (TPSA) is 41.5 Å². The van der Waals surface area contributed by atoms with Crippen LogP contribution in [0.5, 0.6) is 0 Å². The summed E-state index contributed by atoms with van der Waals surface area (Å²) in [6, 6.07) is 0.529. The van der Waals surface area contributed by atoms with Crippen LogP contribution in [0.25, 0.3) is 0 Å². The fourth-order valence-electron chi connectivity index (χ4n) is 4.50. The number of hydrogen-bond donors (Lipinski definition) is 2. The molecule has 2 saturated carbocycles. The molecule has 3 heteroatoms. The highest BCUT2D eigenvalue weighted by atomic mass is 16.5. The lowest BCUT2D eigenvalue weighted by atomic mass is 9.57. The maximum Gasteiger partial charge on any atom is 0.0692 e. The van der Waals surface area contributed by atoms with Gasteiger partial charge in [-0.05, 0) is 25.2 Å². The van der Waals surface area contributed by atoms with Crippen molar-refractivity contribution in [1.29, 1.82) is 0 Å². The van der Waals surface area contributed by atoms with Crippen molar-refractivity contribution in [2.24, 2.45) is 17.3 Å². The van der Waals surface area contributed by atoms with Gasteiger partial charge < -0.3 is 15.2 Å². The van der Waals surface area contributed by atoms with Gasteiger partial charge in [-0.2, -0.15) is 0 Å². The normalized spacial score (nSPS) is 40.5. The van der Waals surface area contributed by atoms with Crippen LogP contribution < -0.4 is 5.32 Å². The van der Waals surface area contributed by atoms with E-state index in [1.165, 1.54) is 32.1 Å². The van der Waals surface area contributed by atoms with E-state index in [4.69, 9.17) is 4.74 Å². The Kier molecular flexibility index (Phi) is 3.41. The molecule has 3 rings (SSSR count). The van der Waals surface area contributed by atoms with Crippen LogP contribution in [-0.2, 0) is 4.74 Å². The predicted octanol–water partition coefficient (Wildman–Crippen LogP) is 1.94. The molecular weight excluding hydrogens is 226 g/mol. The van der Waals surface area contributed by atoms with Crippen molar-refractivity contribution < 1.29 is 9.84 Å². The van der Waals surface area contributed by atoms with Crippen molar-refractivity contribution in [2.75, 3.05) is 13.2 Å². The molecule has 0 bridgehead atoms. The Balaban J connectivity index is 1.51. The highest BCUT2D eigenvalue weighted by molar-refractivity contribution is 5.11. The molecule has 3 aliphatic rings. The summed E-state index contributed by atoms with van der Waals surface area (Å²) in [5.74, 6) is 1.21. The summed E-state index contributed by atoms with van der Waals surface area (Å²) < 4.78 is 5.80. The Labute approximate surface area is 110 Å². The van der Waals surface area contributed by atoms with Crippen molar-refractivity contribution in [3.8, 4) is 0 Å². The zero-order valence-corrected chi connectivity index (χ0v) is 11.7. The lowest BCUT2D eigenvalue weighted by Crippen LogP contribution is -2.66. The average molecular weight is 253 g/mol. The summed E-state index contributed by atoms with van der Waals surface area (Å²) in [7, 11) is 0. The van der Waals surface area contributed by atoms with Crippen molar-refractivity contribution in [3.63, 3.8) is 0 Å². The van der Waals surface area contributed by atoms with E-state index in [-0.39, 0.29) is 11.5 Å². The highest BCUT2D eigenvalue weighted by Crippen LogP contribution is 2.52. The second-order valence-electron chi connectivity index (χ2n) is 7.06. The largest absolute Gasteiger partial charge is 0.392 e. The van der Waals surface area contributed by atoms with E-state index in [9.17, 15) is 5.11 Å². The molecule has 3 fully saturated rings. The first kappa shape index (κ1) is 12.9. The van der Waals surface area contributed by atoms with E-state index in [1.807, 2.05) is 0 Å². The molecule has 0 aromatic carbocycles. The number of aliphatic hydroxyl groups is 1. The number of aliphatic hydroxyl groups excluding tert-OH is 1. The molecule has 2 aliphatic carbocycles. The van der Waals surface area contributed by atoms with Crippen molar-refractivity contribution in [2.45, 2.75) is 64.2 Å². The van der Waals surface area contributed by atoms with Gasteiger partial charge in [0.2, 0.25) is 0 Å². The van der Waals surface area contributed by atoms with E-state index in [2.05, 4.69) is 19.2 Å². The first-order chi connectivity index (χ1) is 8.60. The third kappa shape index (κ3) is 2.00. The van der Waals surface area contributed by atoms with Crippen LogP contribution in [0.3, 0.4) is 0 Å². The maximum absolute atomic E-state index is 10.2. The van der Waals surface area contributed by atoms with E-state index >= 15 is 0 Å². The van der Waals surface area contributed by atoms with Crippen molar-refractivity contribution in [1.82, 2.24) is 5.32 Å². The van der Waals surface area contributed by atoms with Gasteiger partial charge in [-0.25, -0.2) is 0 Å². The molecule has 0 aromatic rings. The van der Waals surface area contributed by atoms with Gasteiger partial charge in [-0.3, -0.25) is 0 Å². The molecule has 1 saturated heterocycles. The van der Waals surface area contributed by atoms with Gasteiger partial charge in [0.1, 0.15) is 0 Å². The molecule has 1 heterocycles. The number of nitrogens with one attached hydrogen (secondary N) is 1. The minimum absolute atomic E-state index is 0.148. The molecule has 0 aromatic heterocycles. The second kappa shape index (κ2) is 4.77. The van der Waals surface area contributed by atoms with Gasteiger partial charge >= 0.3 is 0 Å². The van der Waals surface area contributed by atoms with Crippen LogP contribution in [0.15, 0.2) is 0 Å². The summed E-state index contributed by atoms with van der Waals surface area (Å²) in [5, 5.41) is 13.9. The SMILES string of the molecule is CC1(C)C(NCC(O)C2CCCC2)C2CCOC21. The summed E-state index contributed by atoms with van der Waals surface area (Å²) in [4.78, 5) is 0. The molecule has 3 nitrogen and oxygen atoms in total. The molecule has 0 radical (unpaired) electrons. The molecule has 18 heavy (non-hydrogen) atoms. The van der Waals surface area contributed by atoms with Crippen molar-refractivity contribution >= 4 is 0 Å². The smallest absolute Gasteiger partial charge is 0.0692 e. The van der Waals surface area contributed by atoms with E-state index in [0.29, 0.717) is 24.0 Å². The quantitative estimate of drug-likeness (QED) is 0.804. The molecule has 4 unspecified atom stereocenters. The first-order valence-corrected chi connectivity index (χ1v) is 7.64. The fraction of sp³-hybridized carbons (Fsp3) is 1.00. The van der Waals surface area contributed by atoms with Gasteiger partial charge in [0, 0.05) is 30.5 Å². The summed E-state index contributed by atoms with van der Waals surface area (Å²) in [6.45, 7) is 6.27. The lowest BCUT2D eigenvalue weighted by molar-refractivity contribution is -0.115. The summed E-state index contributed by atoms with van der Waals surface area (Å²) >= 11 is 0. The predicted molar refractivity (Wildman–Crippen MR) is 71.4 cm³/mol. The molecule has 0 amide bonds. The van der Waals surface area contributed by atoms with E-state index in [1.54, 1.807) is 0 Å². The average Bonchev–Trinajstić information content (AvgIpc) is 2.98. The third-order valence-electron chi connectivity index (χ3n) is 5.59. The zero-order valence-electron chi connectivity index (χ0n) is 11.7. The Morgan fingerprint density at radius 3 is 2.72 bits per heavy atom. The standard InChI is InChI=1S/C15H27NO2/c1-15(2)13(11-7-8-18-14(11)15)16-9-12(17)10-5-3-4-6-10/h10-14,16-17H,3-9H2,1-2H3. The Hall–Kier alpha value is -0.120. The minimum Gasteiger partial charge on any atom is -0.392 e. The fourth-order valence-corrected chi connectivity index (χ4v) is 4.50. The van der Waals surface area contributed by atoms with Gasteiger partial charge in [-0.15, -0.1) is 0 Å². The number of hydrogen-bond acceptors (Lipinski definition) is 3. The van der Waals surface area contributed by atoms with Crippen molar-refractivity contribution in [3.05, 3.63) is 0 Å². The van der Waals surface area contributed by atoms with Gasteiger partial charge in [0.25, 0.3) is 0 Å². The molecule has 1 aliphatic heterocycles. The summed E-state index contributed by atoms with van der Waals surface area (Å²) in [6.07, 6.45) is 6.51. The van der Waals surface area contributed by atoms with E-state index in [0.717, 1.165) is 13.2 Å². The van der Waals surface area contributed by atoms with Crippen LogP contribution in [-0.4, -0.2) is 36.5 Å². The van der Waals surface area contributed by atoms with E-state index < -0.39 is 0 Å². The van der Waals surface area contributed by atoms with Gasteiger partial charge in [-0.1, -0.05) is 26.7 Å². The van der Waals surface area contributed by atoms with Crippen LogP contribution in [0.2, 0.25) is 0 Å². The van der Waals surface area contributed by atoms with Crippen LogP contribution in [0, 0.1) is 17.3 Å². The van der Waals surface area contributed by atoms with Gasteiger partial charge in [0.05, 0.1) is 12.2 Å². The molecule has 104 valence electrons. The third-order valence-corrected chi connectivity index (χ3v) is 5.59.